The van der Waals surface area contributed by atoms with Crippen LogP contribution in [-0.4, -0.2) is 10.2 Å². The molecule has 0 aliphatic carbocycles. The lowest BCUT2D eigenvalue weighted by molar-refractivity contribution is 0.631. The summed E-state index contributed by atoms with van der Waals surface area (Å²) in [5.41, 5.74) is 7.23. The molecule has 0 radical (unpaired) electrons. The number of hydrogen-bond donors (Lipinski definition) is 2. The van der Waals surface area contributed by atoms with Gasteiger partial charge in [0.15, 0.2) is 5.82 Å². The summed E-state index contributed by atoms with van der Waals surface area (Å²) in [6.07, 6.45) is 0. The first-order valence-electron chi connectivity index (χ1n) is 4.36. The number of aromatic nitrogens is 2. The first-order valence-corrected chi connectivity index (χ1v) is 4.74. The summed E-state index contributed by atoms with van der Waals surface area (Å²) in [5, 5.41) is 6.57. The van der Waals surface area contributed by atoms with Gasteiger partial charge in [0.05, 0.1) is 10.7 Å². The average Bonchev–Trinajstić information content (AvgIpc) is 2.53. The number of benzene rings is 1. The molecule has 5 heteroatoms. The molecule has 3 nitrogen and oxygen atoms in total. The minimum absolute atomic E-state index is 0.0834. The van der Waals surface area contributed by atoms with Crippen molar-refractivity contribution in [2.24, 2.45) is 0 Å². The predicted molar refractivity (Wildman–Crippen MR) is 58.1 cm³/mol. The Kier molecular flexibility index (Phi) is 2.36. The van der Waals surface area contributed by atoms with E-state index in [4.69, 9.17) is 17.3 Å². The Hall–Kier alpha value is -1.55. The summed E-state index contributed by atoms with van der Waals surface area (Å²) in [4.78, 5) is 0. The summed E-state index contributed by atoms with van der Waals surface area (Å²) in [5.74, 6) is -0.102. The van der Waals surface area contributed by atoms with Gasteiger partial charge in [-0.3, -0.25) is 5.10 Å². The normalized spacial score (nSPS) is 10.6. The Bertz CT molecular complexity index is 507. The zero-order chi connectivity index (χ0) is 11.0. The highest BCUT2D eigenvalue weighted by atomic mass is 35.5. The number of anilines is 1. The van der Waals surface area contributed by atoms with E-state index in [1.807, 2.05) is 0 Å². The van der Waals surface area contributed by atoms with Crippen LogP contribution in [0.2, 0.25) is 5.02 Å². The number of halogens is 2. The van der Waals surface area contributed by atoms with Gasteiger partial charge in [-0.25, -0.2) is 4.39 Å². The van der Waals surface area contributed by atoms with Gasteiger partial charge in [0.1, 0.15) is 5.82 Å². The van der Waals surface area contributed by atoms with E-state index < -0.39 is 5.82 Å². The molecule has 0 saturated carbocycles. The fourth-order valence-electron chi connectivity index (χ4n) is 1.37. The second kappa shape index (κ2) is 3.55. The summed E-state index contributed by atoms with van der Waals surface area (Å²) in [6.45, 7) is 1.77. The van der Waals surface area contributed by atoms with Gasteiger partial charge in [-0.05, 0) is 19.1 Å². The fraction of sp³-hybridized carbons (Fsp3) is 0.100. The summed E-state index contributed by atoms with van der Waals surface area (Å²) in [7, 11) is 0. The SMILES string of the molecule is Cc1c(N)n[nH]c1-c1cccc(Cl)c1F. The van der Waals surface area contributed by atoms with Gasteiger partial charge in [-0.1, -0.05) is 17.7 Å². The number of hydrogen-bond acceptors (Lipinski definition) is 2. The third-order valence-electron chi connectivity index (χ3n) is 2.27. The zero-order valence-electron chi connectivity index (χ0n) is 8.01. The van der Waals surface area contributed by atoms with E-state index in [-0.39, 0.29) is 5.02 Å². The molecule has 0 unspecified atom stereocenters. The first kappa shape index (κ1) is 9.98. The van der Waals surface area contributed by atoms with E-state index in [0.29, 0.717) is 17.1 Å². The second-order valence-corrected chi connectivity index (χ2v) is 3.62. The molecule has 0 spiro atoms. The smallest absolute Gasteiger partial charge is 0.151 e. The molecule has 1 heterocycles. The van der Waals surface area contributed by atoms with Gasteiger partial charge in [0.25, 0.3) is 0 Å². The number of nitrogen functional groups attached to an aromatic ring is 1. The molecule has 0 saturated heterocycles. The van der Waals surface area contributed by atoms with Gasteiger partial charge < -0.3 is 5.73 Å². The molecule has 15 heavy (non-hydrogen) atoms. The standard InChI is InChI=1S/C10H9ClFN3/c1-5-9(14-15-10(5)13)6-3-2-4-7(11)8(6)12/h2-4H,1H3,(H3,13,14,15). The Morgan fingerprint density at radius 3 is 2.80 bits per heavy atom. The van der Waals surface area contributed by atoms with Crippen molar-refractivity contribution in [2.45, 2.75) is 6.92 Å². The molecule has 3 N–H and O–H groups in total. The predicted octanol–water partition coefficient (Wildman–Crippen LogP) is 2.76. The molecule has 0 aliphatic rings. The maximum Gasteiger partial charge on any atom is 0.151 e. The van der Waals surface area contributed by atoms with E-state index in [1.165, 1.54) is 6.07 Å². The van der Waals surface area contributed by atoms with E-state index in [1.54, 1.807) is 19.1 Å². The molecule has 78 valence electrons. The lowest BCUT2D eigenvalue weighted by Gasteiger charge is -2.02. The fourth-order valence-corrected chi connectivity index (χ4v) is 1.55. The molecule has 1 aromatic heterocycles. The second-order valence-electron chi connectivity index (χ2n) is 3.21. The maximum absolute atomic E-state index is 13.7. The molecule has 1 aromatic carbocycles. The van der Waals surface area contributed by atoms with E-state index in [9.17, 15) is 4.39 Å². The largest absolute Gasteiger partial charge is 0.382 e. The molecule has 0 bridgehead atoms. The number of nitrogens with two attached hydrogens (primary N) is 1. The number of rotatable bonds is 1. The first-order chi connectivity index (χ1) is 7.11. The van der Waals surface area contributed by atoms with E-state index in [2.05, 4.69) is 10.2 Å². The Balaban J connectivity index is 2.64. The van der Waals surface area contributed by atoms with Gasteiger partial charge in [-0.2, -0.15) is 5.10 Å². The molecule has 0 atom stereocenters. The Labute approximate surface area is 91.1 Å². The van der Waals surface area contributed by atoms with Crippen LogP contribution in [0, 0.1) is 12.7 Å². The van der Waals surface area contributed by atoms with Crippen LogP contribution in [0.1, 0.15) is 5.56 Å². The van der Waals surface area contributed by atoms with Crippen molar-refractivity contribution >= 4 is 17.4 Å². The molecule has 2 rings (SSSR count). The highest BCUT2D eigenvalue weighted by Gasteiger charge is 2.13. The highest BCUT2D eigenvalue weighted by molar-refractivity contribution is 6.31. The summed E-state index contributed by atoms with van der Waals surface area (Å²) >= 11 is 5.68. The van der Waals surface area contributed by atoms with Crippen molar-refractivity contribution in [2.75, 3.05) is 5.73 Å². The topological polar surface area (TPSA) is 54.7 Å². The van der Waals surface area contributed by atoms with Crippen LogP contribution in [0.25, 0.3) is 11.3 Å². The van der Waals surface area contributed by atoms with Gasteiger partial charge in [0, 0.05) is 11.1 Å². The van der Waals surface area contributed by atoms with Crippen molar-refractivity contribution in [1.82, 2.24) is 10.2 Å². The zero-order valence-corrected chi connectivity index (χ0v) is 8.77. The third-order valence-corrected chi connectivity index (χ3v) is 2.56. The van der Waals surface area contributed by atoms with Crippen LogP contribution >= 0.6 is 11.6 Å². The van der Waals surface area contributed by atoms with Gasteiger partial charge >= 0.3 is 0 Å². The van der Waals surface area contributed by atoms with Crippen LogP contribution in [-0.2, 0) is 0 Å². The third kappa shape index (κ3) is 1.57. The molecule has 0 amide bonds. The van der Waals surface area contributed by atoms with Crippen molar-refractivity contribution in [3.63, 3.8) is 0 Å². The minimum atomic E-state index is -0.467. The van der Waals surface area contributed by atoms with Crippen LogP contribution in [0.3, 0.4) is 0 Å². The Morgan fingerprint density at radius 2 is 2.20 bits per heavy atom. The van der Waals surface area contributed by atoms with Crippen molar-refractivity contribution in [3.05, 3.63) is 34.6 Å². The summed E-state index contributed by atoms with van der Waals surface area (Å²) in [6, 6.07) is 4.80. The lowest BCUT2D eigenvalue weighted by atomic mass is 10.1. The van der Waals surface area contributed by atoms with Crippen molar-refractivity contribution in [1.29, 1.82) is 0 Å². The number of H-pyrrole nitrogens is 1. The molecule has 2 aromatic rings. The van der Waals surface area contributed by atoms with Crippen LogP contribution in [0.4, 0.5) is 10.2 Å². The summed E-state index contributed by atoms with van der Waals surface area (Å²) < 4.78 is 13.7. The Morgan fingerprint density at radius 1 is 1.47 bits per heavy atom. The van der Waals surface area contributed by atoms with Crippen LogP contribution in [0.15, 0.2) is 18.2 Å². The monoisotopic (exact) mass is 225 g/mol. The number of nitrogens with one attached hydrogen (secondary N) is 1. The van der Waals surface area contributed by atoms with E-state index in [0.717, 1.165) is 5.56 Å². The van der Waals surface area contributed by atoms with Crippen LogP contribution < -0.4 is 5.73 Å². The highest BCUT2D eigenvalue weighted by Crippen LogP contribution is 2.29. The average molecular weight is 226 g/mol. The van der Waals surface area contributed by atoms with Crippen molar-refractivity contribution in [3.8, 4) is 11.3 Å². The van der Waals surface area contributed by atoms with Crippen LogP contribution in [0.5, 0.6) is 0 Å². The van der Waals surface area contributed by atoms with E-state index >= 15 is 0 Å². The number of nitrogens with zero attached hydrogens (tertiary/aromatic N) is 1. The molecule has 0 fully saturated rings. The molecular weight excluding hydrogens is 217 g/mol. The number of aromatic amines is 1. The van der Waals surface area contributed by atoms with Crippen molar-refractivity contribution < 1.29 is 4.39 Å². The lowest BCUT2D eigenvalue weighted by Crippen LogP contribution is -1.89. The maximum atomic E-state index is 13.7. The molecule has 0 aliphatic heterocycles. The van der Waals surface area contributed by atoms with Gasteiger partial charge in [0.2, 0.25) is 0 Å². The van der Waals surface area contributed by atoms with Gasteiger partial charge in [-0.15, -0.1) is 0 Å². The molecular formula is C10H9ClFN3. The minimum Gasteiger partial charge on any atom is -0.382 e. The quantitative estimate of drug-likeness (QED) is 0.784.